The summed E-state index contributed by atoms with van der Waals surface area (Å²) in [4.78, 5) is 11.9. The van der Waals surface area contributed by atoms with Gasteiger partial charge in [-0.15, -0.1) is 11.6 Å². The summed E-state index contributed by atoms with van der Waals surface area (Å²) in [5.74, 6) is 0. The summed E-state index contributed by atoms with van der Waals surface area (Å²) >= 11 is 6.49. The van der Waals surface area contributed by atoms with E-state index < -0.39 is 0 Å². The largest absolute Gasteiger partial charge is 0.376 e. The van der Waals surface area contributed by atoms with E-state index in [2.05, 4.69) is 0 Å². The van der Waals surface area contributed by atoms with E-state index in [0.717, 1.165) is 16.6 Å². The van der Waals surface area contributed by atoms with Crippen molar-refractivity contribution in [2.45, 2.75) is 11.5 Å². The third-order valence-electron chi connectivity index (χ3n) is 3.78. The molecule has 1 saturated heterocycles. The number of aryl methyl sites for hydroxylation is 2. The molecule has 0 amide bonds. The summed E-state index contributed by atoms with van der Waals surface area (Å²) in [5, 5.41) is -0.282. The Labute approximate surface area is 121 Å². The van der Waals surface area contributed by atoms with Gasteiger partial charge in [-0.2, -0.15) is 0 Å². The minimum absolute atomic E-state index is 0.0412. The maximum atomic E-state index is 11.9. The highest BCUT2D eigenvalue weighted by molar-refractivity contribution is 6.21. The Morgan fingerprint density at radius 1 is 1.25 bits per heavy atom. The molecule has 108 valence electrons. The summed E-state index contributed by atoms with van der Waals surface area (Å²) < 4.78 is 14.3. The minimum atomic E-state index is -0.282. The van der Waals surface area contributed by atoms with Crippen molar-refractivity contribution < 1.29 is 9.47 Å². The van der Waals surface area contributed by atoms with E-state index in [1.807, 2.05) is 18.2 Å². The number of aromatic nitrogens is 2. The Bertz CT molecular complexity index is 686. The number of hydrogen-bond donors (Lipinski definition) is 0. The van der Waals surface area contributed by atoms with Gasteiger partial charge in [-0.25, -0.2) is 4.79 Å². The number of fused-ring (bicyclic) bond motifs is 1. The van der Waals surface area contributed by atoms with E-state index in [1.165, 1.54) is 0 Å². The molecule has 1 aromatic carbocycles. The van der Waals surface area contributed by atoms with Gasteiger partial charge in [-0.05, 0) is 17.7 Å². The molecule has 2 heterocycles. The van der Waals surface area contributed by atoms with Crippen LogP contribution in [0.3, 0.4) is 0 Å². The van der Waals surface area contributed by atoms with Gasteiger partial charge in [0.05, 0.1) is 36.2 Å². The second kappa shape index (κ2) is 5.24. The number of rotatable bonds is 2. The Balaban J connectivity index is 2.00. The van der Waals surface area contributed by atoms with Gasteiger partial charge in [0.2, 0.25) is 0 Å². The normalized spacial score (nSPS) is 21.2. The lowest BCUT2D eigenvalue weighted by Crippen LogP contribution is -2.31. The lowest BCUT2D eigenvalue weighted by Gasteiger charge is -2.27. The molecule has 0 aliphatic carbocycles. The molecule has 6 heteroatoms. The second-order valence-electron chi connectivity index (χ2n) is 5.03. The molecule has 0 N–H and O–H groups in total. The van der Waals surface area contributed by atoms with Crippen LogP contribution in [0, 0.1) is 0 Å². The van der Waals surface area contributed by atoms with Crippen LogP contribution < -0.4 is 5.69 Å². The molecular weight excluding hydrogens is 280 g/mol. The van der Waals surface area contributed by atoms with Gasteiger partial charge in [-0.3, -0.25) is 9.13 Å². The summed E-state index contributed by atoms with van der Waals surface area (Å²) in [6.45, 7) is 1.69. The van der Waals surface area contributed by atoms with Crippen LogP contribution in [0.15, 0.2) is 23.0 Å². The lowest BCUT2D eigenvalue weighted by atomic mass is 10.1. The topological polar surface area (TPSA) is 45.4 Å². The number of hydrogen-bond acceptors (Lipinski definition) is 3. The average Bonchev–Trinajstić information content (AvgIpc) is 2.72. The summed E-state index contributed by atoms with van der Waals surface area (Å²) in [7, 11) is 3.53. The summed E-state index contributed by atoms with van der Waals surface area (Å²) in [5.41, 5.74) is 2.67. The minimum Gasteiger partial charge on any atom is -0.376 e. The Morgan fingerprint density at radius 3 is 2.70 bits per heavy atom. The molecule has 2 aromatic rings. The molecule has 2 atom stereocenters. The molecule has 1 aliphatic rings. The first-order valence-electron chi connectivity index (χ1n) is 6.58. The van der Waals surface area contributed by atoms with Crippen LogP contribution in [0.2, 0.25) is 0 Å². The summed E-state index contributed by atoms with van der Waals surface area (Å²) in [6, 6.07) is 5.81. The molecule has 0 saturated carbocycles. The molecule has 5 nitrogen and oxygen atoms in total. The van der Waals surface area contributed by atoms with Crippen molar-refractivity contribution in [3.63, 3.8) is 0 Å². The Hall–Kier alpha value is -1.30. The van der Waals surface area contributed by atoms with Gasteiger partial charge in [0.25, 0.3) is 0 Å². The van der Waals surface area contributed by atoms with Crippen molar-refractivity contribution >= 4 is 22.6 Å². The first-order valence-corrected chi connectivity index (χ1v) is 7.02. The van der Waals surface area contributed by atoms with Crippen LogP contribution in [-0.4, -0.2) is 35.1 Å². The number of benzene rings is 1. The molecule has 2 unspecified atom stereocenters. The zero-order valence-electron chi connectivity index (χ0n) is 11.5. The standard InChI is InChI=1S/C14H17ClN2O3/c1-16-10-4-3-9(7-11(10)17(2)14(16)18)13(15)12-8-19-5-6-20-12/h3-4,7,12-13H,5-6,8H2,1-2H3. The van der Waals surface area contributed by atoms with Crippen LogP contribution in [0.5, 0.6) is 0 Å². The molecule has 3 rings (SSSR count). The lowest BCUT2D eigenvalue weighted by molar-refractivity contribution is -0.0892. The van der Waals surface area contributed by atoms with Crippen LogP contribution >= 0.6 is 11.6 Å². The Morgan fingerprint density at radius 2 is 2.00 bits per heavy atom. The van der Waals surface area contributed by atoms with E-state index in [9.17, 15) is 4.79 Å². The molecule has 20 heavy (non-hydrogen) atoms. The third-order valence-corrected chi connectivity index (χ3v) is 4.32. The molecular formula is C14H17ClN2O3. The van der Waals surface area contributed by atoms with Crippen molar-refractivity contribution in [2.75, 3.05) is 19.8 Å². The van der Waals surface area contributed by atoms with Gasteiger partial charge in [0.15, 0.2) is 0 Å². The number of nitrogens with zero attached hydrogens (tertiary/aromatic N) is 2. The molecule has 0 radical (unpaired) electrons. The van der Waals surface area contributed by atoms with Crippen molar-refractivity contribution in [3.05, 3.63) is 34.2 Å². The monoisotopic (exact) mass is 296 g/mol. The number of alkyl halides is 1. The fourth-order valence-electron chi connectivity index (χ4n) is 2.58. The molecule has 0 bridgehead atoms. The molecule has 1 aliphatic heterocycles. The van der Waals surface area contributed by atoms with E-state index >= 15 is 0 Å². The smallest absolute Gasteiger partial charge is 0.328 e. The van der Waals surface area contributed by atoms with Crippen LogP contribution in [0.1, 0.15) is 10.9 Å². The second-order valence-corrected chi connectivity index (χ2v) is 5.50. The SMILES string of the molecule is Cn1c(=O)n(C)c2cc(C(Cl)C3COCCO3)ccc21. The van der Waals surface area contributed by atoms with Gasteiger partial charge in [0.1, 0.15) is 6.10 Å². The van der Waals surface area contributed by atoms with E-state index in [4.69, 9.17) is 21.1 Å². The predicted octanol–water partition coefficient (Wildman–Crippen LogP) is 1.57. The van der Waals surface area contributed by atoms with Crippen molar-refractivity contribution in [1.82, 2.24) is 9.13 Å². The Kier molecular flexibility index (Phi) is 3.58. The number of halogens is 1. The highest BCUT2D eigenvalue weighted by Crippen LogP contribution is 2.29. The zero-order chi connectivity index (χ0) is 14.3. The van der Waals surface area contributed by atoms with E-state index in [1.54, 1.807) is 23.2 Å². The van der Waals surface area contributed by atoms with Crippen molar-refractivity contribution in [1.29, 1.82) is 0 Å². The molecule has 1 aromatic heterocycles. The quantitative estimate of drug-likeness (QED) is 0.790. The zero-order valence-corrected chi connectivity index (χ0v) is 12.3. The van der Waals surface area contributed by atoms with E-state index in [-0.39, 0.29) is 17.2 Å². The first-order chi connectivity index (χ1) is 9.59. The predicted molar refractivity (Wildman–Crippen MR) is 77.3 cm³/mol. The van der Waals surface area contributed by atoms with Crippen molar-refractivity contribution in [3.8, 4) is 0 Å². The average molecular weight is 297 g/mol. The highest BCUT2D eigenvalue weighted by Gasteiger charge is 2.25. The highest BCUT2D eigenvalue weighted by atomic mass is 35.5. The van der Waals surface area contributed by atoms with Crippen LogP contribution in [0.25, 0.3) is 11.0 Å². The van der Waals surface area contributed by atoms with Crippen LogP contribution in [0.4, 0.5) is 0 Å². The van der Waals surface area contributed by atoms with Gasteiger partial charge >= 0.3 is 5.69 Å². The number of imidazole rings is 1. The maximum Gasteiger partial charge on any atom is 0.328 e. The number of ether oxygens (including phenoxy) is 2. The maximum absolute atomic E-state index is 11.9. The summed E-state index contributed by atoms with van der Waals surface area (Å²) in [6.07, 6.45) is -0.149. The third kappa shape index (κ3) is 2.16. The van der Waals surface area contributed by atoms with Crippen molar-refractivity contribution in [2.24, 2.45) is 14.1 Å². The van der Waals surface area contributed by atoms with Gasteiger partial charge in [0, 0.05) is 14.1 Å². The van der Waals surface area contributed by atoms with Gasteiger partial charge < -0.3 is 9.47 Å². The van der Waals surface area contributed by atoms with Crippen LogP contribution in [-0.2, 0) is 23.6 Å². The fraction of sp³-hybridized carbons (Fsp3) is 0.500. The van der Waals surface area contributed by atoms with E-state index in [0.29, 0.717) is 19.8 Å². The first kappa shape index (κ1) is 13.7. The molecule has 1 fully saturated rings. The van der Waals surface area contributed by atoms with Gasteiger partial charge in [-0.1, -0.05) is 6.07 Å². The molecule has 0 spiro atoms. The fourth-order valence-corrected chi connectivity index (χ4v) is 2.87.